The monoisotopic (exact) mass is 440 g/mol. The summed E-state index contributed by atoms with van der Waals surface area (Å²) in [5, 5.41) is 14.0. The molecule has 0 spiro atoms. The van der Waals surface area contributed by atoms with Crippen LogP contribution in [0.1, 0.15) is 35.7 Å². The molecule has 1 atom stereocenters. The maximum atomic E-state index is 13.1. The molecule has 3 rings (SSSR count). The van der Waals surface area contributed by atoms with Gasteiger partial charge in [-0.3, -0.25) is 9.59 Å². The number of carbonyl (C=O) groups is 2. The zero-order valence-corrected chi connectivity index (χ0v) is 17.9. The van der Waals surface area contributed by atoms with Gasteiger partial charge in [-0.25, -0.2) is 4.39 Å². The molecule has 152 valence electrons. The molecular formula is C23H18ClFN2O2S. The van der Waals surface area contributed by atoms with Crippen LogP contribution < -0.4 is 5.32 Å². The minimum Gasteiger partial charge on any atom is -0.353 e. The fourth-order valence-corrected chi connectivity index (χ4v) is 4.60. The molecule has 7 heteroatoms. The number of halogens is 2. The molecule has 0 fully saturated rings. The van der Waals surface area contributed by atoms with Crippen molar-refractivity contribution in [1.29, 1.82) is 5.26 Å². The smallest absolute Gasteiger partial charge is 0.173 e. The number of nitrogens with zero attached hydrogens (tertiary/aromatic N) is 1. The number of hydrogen-bond donors (Lipinski definition) is 1. The van der Waals surface area contributed by atoms with E-state index in [1.807, 2.05) is 0 Å². The van der Waals surface area contributed by atoms with E-state index >= 15 is 0 Å². The summed E-state index contributed by atoms with van der Waals surface area (Å²) in [4.78, 5) is 24.9. The summed E-state index contributed by atoms with van der Waals surface area (Å²) in [5.41, 5.74) is 2.45. The van der Waals surface area contributed by atoms with Crippen molar-refractivity contribution in [2.45, 2.75) is 19.8 Å². The number of ketones is 2. The van der Waals surface area contributed by atoms with E-state index in [2.05, 4.69) is 11.4 Å². The molecule has 0 radical (unpaired) electrons. The van der Waals surface area contributed by atoms with Gasteiger partial charge in [0, 0.05) is 21.9 Å². The Morgan fingerprint density at radius 1 is 1.20 bits per heavy atom. The summed E-state index contributed by atoms with van der Waals surface area (Å²) in [5.74, 6) is -1.34. The van der Waals surface area contributed by atoms with Crippen molar-refractivity contribution in [3.05, 3.63) is 92.4 Å². The average Bonchev–Trinajstić information content (AvgIpc) is 2.72. The molecule has 1 aliphatic heterocycles. The van der Waals surface area contributed by atoms with Crippen LogP contribution in [0.5, 0.6) is 0 Å². The summed E-state index contributed by atoms with van der Waals surface area (Å²) in [6.07, 6.45) is 0. The molecule has 4 nitrogen and oxygen atoms in total. The first-order valence-corrected chi connectivity index (χ1v) is 10.5. The first-order chi connectivity index (χ1) is 14.3. The molecule has 0 saturated heterocycles. The second kappa shape index (κ2) is 9.29. The number of nitrogens with one attached hydrogen (secondary N) is 1. The normalized spacial score (nSPS) is 16.2. The van der Waals surface area contributed by atoms with E-state index in [0.29, 0.717) is 38.0 Å². The lowest BCUT2D eigenvalue weighted by molar-refractivity contribution is -0.113. The van der Waals surface area contributed by atoms with Crippen molar-refractivity contribution < 1.29 is 14.0 Å². The molecule has 1 N–H and O–H groups in total. The Kier molecular flexibility index (Phi) is 6.76. The molecule has 2 aromatic rings. The lowest BCUT2D eigenvalue weighted by Crippen LogP contribution is -2.27. The average molecular weight is 441 g/mol. The summed E-state index contributed by atoms with van der Waals surface area (Å²) < 4.78 is 13.1. The molecule has 0 aliphatic carbocycles. The minimum absolute atomic E-state index is 0.0527. The van der Waals surface area contributed by atoms with E-state index in [1.54, 1.807) is 31.2 Å². The molecule has 1 heterocycles. The predicted octanol–water partition coefficient (Wildman–Crippen LogP) is 5.38. The van der Waals surface area contributed by atoms with Gasteiger partial charge in [0.1, 0.15) is 5.82 Å². The number of thioether (sulfide) groups is 1. The van der Waals surface area contributed by atoms with E-state index in [9.17, 15) is 19.2 Å². The fraction of sp³-hybridized carbons (Fsp3) is 0.174. The van der Waals surface area contributed by atoms with E-state index in [4.69, 9.17) is 11.6 Å². The maximum Gasteiger partial charge on any atom is 0.173 e. The van der Waals surface area contributed by atoms with Gasteiger partial charge in [0.15, 0.2) is 11.6 Å². The second-order valence-electron chi connectivity index (χ2n) is 6.75. The number of benzene rings is 2. The van der Waals surface area contributed by atoms with Gasteiger partial charge in [-0.05, 0) is 49.7 Å². The van der Waals surface area contributed by atoms with Gasteiger partial charge < -0.3 is 5.32 Å². The summed E-state index contributed by atoms with van der Waals surface area (Å²) in [6, 6.07) is 14.6. The molecule has 0 aromatic heterocycles. The third kappa shape index (κ3) is 4.48. The highest BCUT2D eigenvalue weighted by Crippen LogP contribution is 2.43. The van der Waals surface area contributed by atoms with E-state index in [1.165, 1.54) is 43.0 Å². The Morgan fingerprint density at radius 2 is 1.87 bits per heavy atom. The minimum atomic E-state index is -0.620. The van der Waals surface area contributed by atoms with Crippen LogP contribution in [-0.4, -0.2) is 17.3 Å². The van der Waals surface area contributed by atoms with Gasteiger partial charge in [-0.1, -0.05) is 41.6 Å². The van der Waals surface area contributed by atoms with Crippen molar-refractivity contribution in [2.75, 3.05) is 5.75 Å². The van der Waals surface area contributed by atoms with Crippen LogP contribution in [0.4, 0.5) is 4.39 Å². The van der Waals surface area contributed by atoms with Crippen molar-refractivity contribution in [2.24, 2.45) is 0 Å². The lowest BCUT2D eigenvalue weighted by atomic mass is 9.81. The number of rotatable bonds is 6. The number of hydrogen-bond acceptors (Lipinski definition) is 5. The summed E-state index contributed by atoms with van der Waals surface area (Å²) >= 11 is 7.56. The van der Waals surface area contributed by atoms with E-state index in [0.717, 1.165) is 0 Å². The SMILES string of the molecule is CC(=O)C1=C(C)NC(SCC(=O)c2ccc(F)cc2)=C(C#N)[C@H]1c1ccccc1Cl. The highest BCUT2D eigenvalue weighted by Gasteiger charge is 2.34. The van der Waals surface area contributed by atoms with Crippen molar-refractivity contribution >= 4 is 34.9 Å². The van der Waals surface area contributed by atoms with Crippen LogP contribution in [0.2, 0.25) is 5.02 Å². The summed E-state index contributed by atoms with van der Waals surface area (Å²) in [6.45, 7) is 3.21. The van der Waals surface area contributed by atoms with Gasteiger partial charge in [0.25, 0.3) is 0 Å². The number of nitriles is 1. The lowest BCUT2D eigenvalue weighted by Gasteiger charge is -2.29. The Bertz CT molecular complexity index is 1120. The number of Topliss-reactive ketones (excluding diaryl/α,β-unsaturated/α-hetero) is 2. The largest absolute Gasteiger partial charge is 0.353 e. The van der Waals surface area contributed by atoms with Crippen LogP contribution >= 0.6 is 23.4 Å². The van der Waals surface area contributed by atoms with Gasteiger partial charge in [0.2, 0.25) is 0 Å². The zero-order chi connectivity index (χ0) is 21.8. The molecule has 30 heavy (non-hydrogen) atoms. The molecule has 0 amide bonds. The van der Waals surface area contributed by atoms with Crippen LogP contribution in [0.25, 0.3) is 0 Å². The topological polar surface area (TPSA) is 70.0 Å². The first-order valence-electron chi connectivity index (χ1n) is 9.12. The van der Waals surface area contributed by atoms with Crippen LogP contribution in [0, 0.1) is 17.1 Å². The fourth-order valence-electron chi connectivity index (χ4n) is 3.37. The molecule has 1 aliphatic rings. The van der Waals surface area contributed by atoms with E-state index < -0.39 is 11.7 Å². The van der Waals surface area contributed by atoms with Crippen LogP contribution in [0.15, 0.2) is 70.4 Å². The Morgan fingerprint density at radius 3 is 2.47 bits per heavy atom. The van der Waals surface area contributed by atoms with Gasteiger partial charge >= 0.3 is 0 Å². The van der Waals surface area contributed by atoms with Gasteiger partial charge in [-0.2, -0.15) is 5.26 Å². The molecule has 0 unspecified atom stereocenters. The maximum absolute atomic E-state index is 13.1. The molecule has 0 bridgehead atoms. The third-order valence-corrected chi connectivity index (χ3v) is 6.12. The third-order valence-electron chi connectivity index (χ3n) is 4.76. The van der Waals surface area contributed by atoms with Crippen LogP contribution in [0.3, 0.4) is 0 Å². The Hall–Kier alpha value is -2.88. The van der Waals surface area contributed by atoms with Gasteiger partial charge in [0.05, 0.1) is 28.3 Å². The first kappa shape index (κ1) is 21.8. The number of allylic oxidation sites excluding steroid dienone is 3. The van der Waals surface area contributed by atoms with Gasteiger partial charge in [-0.15, -0.1) is 0 Å². The van der Waals surface area contributed by atoms with Crippen molar-refractivity contribution in [3.8, 4) is 6.07 Å². The number of carbonyl (C=O) groups excluding carboxylic acids is 2. The standard InChI is InChI=1S/C23H18ClFN2O2S/c1-13-21(14(2)28)22(17-5-3-4-6-19(17)24)18(11-26)23(27-13)30-12-20(29)15-7-9-16(25)10-8-15/h3-10,22,27H,12H2,1-2H3/t22-/m1/s1. The highest BCUT2D eigenvalue weighted by atomic mass is 35.5. The van der Waals surface area contributed by atoms with E-state index in [-0.39, 0.29) is 17.3 Å². The number of dihydropyridines is 1. The Balaban J connectivity index is 1.97. The Labute approximate surface area is 183 Å². The van der Waals surface area contributed by atoms with Crippen molar-refractivity contribution in [3.63, 3.8) is 0 Å². The second-order valence-corrected chi connectivity index (χ2v) is 8.14. The predicted molar refractivity (Wildman–Crippen MR) is 117 cm³/mol. The molecule has 2 aromatic carbocycles. The quantitative estimate of drug-likeness (QED) is 0.610. The van der Waals surface area contributed by atoms with Crippen molar-refractivity contribution in [1.82, 2.24) is 5.32 Å². The summed E-state index contributed by atoms with van der Waals surface area (Å²) in [7, 11) is 0. The zero-order valence-electron chi connectivity index (χ0n) is 16.3. The highest BCUT2D eigenvalue weighted by molar-refractivity contribution is 8.03. The molecule has 0 saturated carbocycles. The van der Waals surface area contributed by atoms with Crippen LogP contribution in [-0.2, 0) is 4.79 Å². The molecular weight excluding hydrogens is 423 g/mol.